The molecule has 54 heavy (non-hydrogen) atoms. The van der Waals surface area contributed by atoms with Gasteiger partial charge < -0.3 is 74.1 Å². The number of ether oxygens (including phenoxy) is 5. The van der Waals surface area contributed by atoms with E-state index in [-0.39, 0.29) is 39.5 Å². The fourth-order valence-electron chi connectivity index (χ4n) is 6.27. The van der Waals surface area contributed by atoms with Crippen LogP contribution in [0.3, 0.4) is 0 Å². The van der Waals surface area contributed by atoms with Crippen molar-refractivity contribution < 1.29 is 78.9 Å². The molecule has 2 aliphatic rings. The van der Waals surface area contributed by atoms with E-state index in [0.29, 0.717) is 11.1 Å². The van der Waals surface area contributed by atoms with Gasteiger partial charge in [-0.15, -0.1) is 0 Å². The number of aromatic hydroxyl groups is 3. The molecule has 3 aromatic carbocycles. The summed E-state index contributed by atoms with van der Waals surface area (Å²) in [4.78, 5) is 25.9. The zero-order chi connectivity index (χ0) is 38.8. The third-order valence-corrected chi connectivity index (χ3v) is 9.17. The lowest BCUT2D eigenvalue weighted by molar-refractivity contribution is -0.342. The number of aliphatic hydroxyl groups is 6. The van der Waals surface area contributed by atoms with Crippen LogP contribution < -0.4 is 10.2 Å². The number of aliphatic hydroxyl groups excluding tert-OH is 6. The van der Waals surface area contributed by atoms with Crippen molar-refractivity contribution in [2.75, 3.05) is 20.3 Å². The number of phenolic OH excluding ortho intramolecular Hbond substituents is 3. The molecule has 0 saturated carbocycles. The van der Waals surface area contributed by atoms with Crippen LogP contribution in [0.1, 0.15) is 17.2 Å². The highest BCUT2D eigenvalue weighted by atomic mass is 16.7. The minimum absolute atomic E-state index is 0.0185. The summed E-state index contributed by atoms with van der Waals surface area (Å²) in [6.07, 6.45) is -15.3. The molecule has 0 aliphatic carbocycles. The molecule has 2 fully saturated rings. The predicted molar refractivity (Wildman–Crippen MR) is 184 cm³/mol. The number of hydrogen-bond donors (Lipinski definition) is 9. The SMILES string of the molecule is COc1cc2oc(-c3ccc(O)cc3)cc(=O)c2c(O)c1C1OC(CO)C(O)C(O)C1OC1OC(COC(=O)C=Cc2ccc(O)cc2)C(O)C(O)C1O. The van der Waals surface area contributed by atoms with Gasteiger partial charge in [0, 0.05) is 23.8 Å². The first-order valence-corrected chi connectivity index (χ1v) is 16.6. The minimum Gasteiger partial charge on any atom is -0.508 e. The monoisotopic (exact) mass is 754 g/mol. The van der Waals surface area contributed by atoms with Crippen LogP contribution in [0.25, 0.3) is 28.4 Å². The molecule has 4 aromatic rings. The average Bonchev–Trinajstić information content (AvgIpc) is 3.16. The zero-order valence-electron chi connectivity index (χ0n) is 28.4. The first kappa shape index (κ1) is 38.6. The van der Waals surface area contributed by atoms with Crippen LogP contribution in [0, 0.1) is 0 Å². The Labute approximate surface area is 305 Å². The molecule has 2 aliphatic heterocycles. The molecule has 17 heteroatoms. The Morgan fingerprint density at radius 1 is 0.815 bits per heavy atom. The van der Waals surface area contributed by atoms with E-state index in [9.17, 15) is 55.5 Å². The highest BCUT2D eigenvalue weighted by Crippen LogP contribution is 2.46. The van der Waals surface area contributed by atoms with Crippen LogP contribution in [0.15, 0.2) is 76.0 Å². The van der Waals surface area contributed by atoms with Gasteiger partial charge in [0.05, 0.1) is 19.3 Å². The number of benzene rings is 3. The first-order valence-electron chi connectivity index (χ1n) is 16.6. The normalized spacial score (nSPS) is 28.6. The second-order valence-electron chi connectivity index (χ2n) is 12.7. The van der Waals surface area contributed by atoms with Crippen molar-refractivity contribution in [3.63, 3.8) is 0 Å². The number of methoxy groups -OCH3 is 1. The molecule has 10 unspecified atom stereocenters. The maximum Gasteiger partial charge on any atom is 0.330 e. The van der Waals surface area contributed by atoms with Crippen molar-refractivity contribution in [2.45, 2.75) is 61.2 Å². The Morgan fingerprint density at radius 2 is 1.46 bits per heavy atom. The fourth-order valence-corrected chi connectivity index (χ4v) is 6.27. The molecule has 0 spiro atoms. The molecular weight excluding hydrogens is 716 g/mol. The van der Waals surface area contributed by atoms with E-state index in [1.807, 2.05) is 0 Å². The van der Waals surface area contributed by atoms with Gasteiger partial charge >= 0.3 is 5.97 Å². The predicted octanol–water partition coefficient (Wildman–Crippen LogP) is 0.189. The standard InChI is InChI=1S/C37H38O17/c1-49-22-13-23-27(20(41)12-21(51-23)17-5-9-19(40)10-6-17)31(45)28(22)35-36(33(47)29(43)24(14-38)52-35)54-37-34(48)32(46)30(44)25(53-37)15-50-26(42)11-4-16-2-7-18(39)8-3-16/h2-13,24-25,29-30,32-40,43-48H,14-15H2,1H3. The number of phenols is 3. The van der Waals surface area contributed by atoms with Crippen LogP contribution >= 0.6 is 0 Å². The molecule has 288 valence electrons. The zero-order valence-corrected chi connectivity index (χ0v) is 28.4. The lowest BCUT2D eigenvalue weighted by Gasteiger charge is -2.46. The molecule has 0 amide bonds. The molecule has 17 nitrogen and oxygen atoms in total. The Kier molecular flexibility index (Phi) is 11.5. The van der Waals surface area contributed by atoms with Gasteiger partial charge in [0.2, 0.25) is 0 Å². The Bertz CT molecular complexity index is 2030. The van der Waals surface area contributed by atoms with Crippen molar-refractivity contribution >= 4 is 23.0 Å². The highest BCUT2D eigenvalue weighted by molar-refractivity contribution is 5.88. The minimum atomic E-state index is -1.99. The molecule has 0 radical (unpaired) electrons. The topological polar surface area (TPSA) is 275 Å². The van der Waals surface area contributed by atoms with Gasteiger partial charge in [-0.3, -0.25) is 4.79 Å². The number of carbonyl (C=O) groups excluding carboxylic acids is 1. The summed E-state index contributed by atoms with van der Waals surface area (Å²) in [5, 5.41) is 94.7. The van der Waals surface area contributed by atoms with Gasteiger partial charge in [0.15, 0.2) is 11.7 Å². The lowest BCUT2D eigenvalue weighted by Crippen LogP contribution is -2.63. The Hall–Kier alpha value is -5.08. The summed E-state index contributed by atoms with van der Waals surface area (Å²) >= 11 is 0. The second kappa shape index (κ2) is 16.1. The maximum absolute atomic E-state index is 13.4. The van der Waals surface area contributed by atoms with Crippen LogP contribution in [0.2, 0.25) is 0 Å². The van der Waals surface area contributed by atoms with Gasteiger partial charge in [-0.25, -0.2) is 4.79 Å². The number of carbonyl (C=O) groups is 1. The van der Waals surface area contributed by atoms with Crippen molar-refractivity contribution in [1.82, 2.24) is 0 Å². The molecule has 6 rings (SSSR count). The Balaban J connectivity index is 1.29. The number of hydrogen-bond acceptors (Lipinski definition) is 17. The molecular formula is C37H38O17. The van der Waals surface area contributed by atoms with Crippen LogP contribution in [-0.2, 0) is 23.7 Å². The van der Waals surface area contributed by atoms with E-state index < -0.39 is 91.6 Å². The summed E-state index contributed by atoms with van der Waals surface area (Å²) in [5.74, 6) is -1.66. The second-order valence-corrected chi connectivity index (χ2v) is 12.7. The van der Waals surface area contributed by atoms with Crippen molar-refractivity contribution in [3.8, 4) is 34.3 Å². The molecule has 0 bridgehead atoms. The largest absolute Gasteiger partial charge is 0.508 e. The molecule has 3 heterocycles. The summed E-state index contributed by atoms with van der Waals surface area (Å²) in [5.41, 5.74) is -0.145. The van der Waals surface area contributed by atoms with E-state index >= 15 is 0 Å². The van der Waals surface area contributed by atoms with Crippen molar-refractivity contribution in [2.24, 2.45) is 0 Å². The van der Waals surface area contributed by atoms with Gasteiger partial charge in [0.25, 0.3) is 0 Å². The smallest absolute Gasteiger partial charge is 0.330 e. The van der Waals surface area contributed by atoms with Gasteiger partial charge in [0.1, 0.15) is 101 Å². The fraction of sp³-hybridized carbons (Fsp3) is 0.351. The molecule has 10 atom stereocenters. The van der Waals surface area contributed by atoms with Gasteiger partial charge in [-0.05, 0) is 48.0 Å². The van der Waals surface area contributed by atoms with E-state index in [0.717, 1.165) is 12.1 Å². The Morgan fingerprint density at radius 3 is 2.11 bits per heavy atom. The summed E-state index contributed by atoms with van der Waals surface area (Å²) in [7, 11) is 1.22. The molecule has 9 N–H and O–H groups in total. The van der Waals surface area contributed by atoms with Crippen LogP contribution in [0.4, 0.5) is 0 Å². The van der Waals surface area contributed by atoms with Crippen LogP contribution in [-0.4, -0.2) is 127 Å². The third-order valence-electron chi connectivity index (χ3n) is 9.17. The van der Waals surface area contributed by atoms with E-state index in [1.54, 1.807) is 12.1 Å². The van der Waals surface area contributed by atoms with Crippen molar-refractivity contribution in [1.29, 1.82) is 0 Å². The van der Waals surface area contributed by atoms with Gasteiger partial charge in [-0.1, -0.05) is 12.1 Å². The quantitative estimate of drug-likeness (QED) is 0.0772. The lowest BCUT2D eigenvalue weighted by atomic mass is 9.89. The summed E-state index contributed by atoms with van der Waals surface area (Å²) < 4.78 is 34.1. The van der Waals surface area contributed by atoms with Gasteiger partial charge in [-0.2, -0.15) is 0 Å². The number of esters is 1. The number of rotatable bonds is 10. The van der Waals surface area contributed by atoms with E-state index in [1.165, 1.54) is 55.7 Å². The van der Waals surface area contributed by atoms with Crippen LogP contribution in [0.5, 0.6) is 23.0 Å². The highest BCUT2D eigenvalue weighted by Gasteiger charge is 2.52. The molecule has 2 saturated heterocycles. The molecule has 1 aromatic heterocycles. The first-order chi connectivity index (χ1) is 25.8. The average molecular weight is 755 g/mol. The summed E-state index contributed by atoms with van der Waals surface area (Å²) in [6.45, 7) is -1.47. The number of fused-ring (bicyclic) bond motifs is 1. The summed E-state index contributed by atoms with van der Waals surface area (Å²) in [6, 6.07) is 14.1. The van der Waals surface area contributed by atoms with E-state index in [2.05, 4.69) is 0 Å². The third kappa shape index (κ3) is 7.76. The maximum atomic E-state index is 13.4. The van der Waals surface area contributed by atoms with Crippen molar-refractivity contribution in [3.05, 3.63) is 88.1 Å². The van der Waals surface area contributed by atoms with E-state index in [4.69, 9.17) is 28.1 Å².